The van der Waals surface area contributed by atoms with Gasteiger partial charge < -0.3 is 31.5 Å². The monoisotopic (exact) mass is 670 g/mol. The van der Waals surface area contributed by atoms with E-state index in [-0.39, 0.29) is 48.8 Å². The Hall–Kier alpha value is -4.80. The van der Waals surface area contributed by atoms with Gasteiger partial charge in [0, 0.05) is 49.3 Å². The fourth-order valence-electron chi connectivity index (χ4n) is 6.42. The van der Waals surface area contributed by atoms with Crippen LogP contribution in [0.25, 0.3) is 0 Å². The zero-order chi connectivity index (χ0) is 35.4. The van der Waals surface area contributed by atoms with E-state index in [0.717, 1.165) is 11.1 Å². The molecule has 49 heavy (non-hydrogen) atoms. The molecule has 3 aromatic carbocycles. The number of hydrogen-bond acceptors (Lipinski definition) is 6. The van der Waals surface area contributed by atoms with E-state index in [1.807, 2.05) is 74.5 Å². The molecule has 3 amide bonds. The number of nitrogens with one attached hydrogen (secondary N) is 1. The minimum absolute atomic E-state index is 0.0335. The lowest BCUT2D eigenvalue weighted by molar-refractivity contribution is -0.132. The van der Waals surface area contributed by atoms with Crippen molar-refractivity contribution in [2.45, 2.75) is 58.8 Å². The van der Waals surface area contributed by atoms with Crippen LogP contribution in [0.5, 0.6) is 5.75 Å². The molecule has 10 heteroatoms. The van der Waals surface area contributed by atoms with E-state index in [9.17, 15) is 19.5 Å². The van der Waals surface area contributed by atoms with E-state index < -0.39 is 35.1 Å². The van der Waals surface area contributed by atoms with Gasteiger partial charge in [-0.3, -0.25) is 14.4 Å². The van der Waals surface area contributed by atoms with Crippen molar-refractivity contribution >= 4 is 17.7 Å². The summed E-state index contributed by atoms with van der Waals surface area (Å²) in [6.45, 7) is 5.55. The summed E-state index contributed by atoms with van der Waals surface area (Å²) in [5, 5.41) is 15.1. The van der Waals surface area contributed by atoms with Crippen LogP contribution in [0.1, 0.15) is 49.8 Å². The predicted molar refractivity (Wildman–Crippen MR) is 187 cm³/mol. The van der Waals surface area contributed by atoms with E-state index in [1.165, 1.54) is 24.3 Å². The second kappa shape index (κ2) is 17.6. The summed E-state index contributed by atoms with van der Waals surface area (Å²) in [4.78, 5) is 42.0. The van der Waals surface area contributed by atoms with Crippen molar-refractivity contribution in [2.75, 3.05) is 19.6 Å². The second-order valence-corrected chi connectivity index (χ2v) is 12.6. The molecule has 260 valence electrons. The molecule has 9 nitrogen and oxygen atoms in total. The Balaban J connectivity index is 1.74. The molecule has 1 unspecified atom stereocenters. The number of ether oxygens (including phenoxy) is 1. The highest BCUT2D eigenvalue weighted by Crippen LogP contribution is 2.44. The molecule has 0 bridgehead atoms. The predicted octanol–water partition coefficient (Wildman–Crippen LogP) is 4.58. The Labute approximate surface area is 287 Å². The van der Waals surface area contributed by atoms with Crippen LogP contribution in [0.3, 0.4) is 0 Å². The van der Waals surface area contributed by atoms with Crippen molar-refractivity contribution in [3.8, 4) is 5.75 Å². The maximum absolute atomic E-state index is 15.1. The molecular weight excluding hydrogens is 623 g/mol. The first-order valence-corrected chi connectivity index (χ1v) is 16.8. The van der Waals surface area contributed by atoms with E-state index in [1.54, 1.807) is 11.0 Å². The highest BCUT2D eigenvalue weighted by Gasteiger charge is 2.49. The van der Waals surface area contributed by atoms with Crippen LogP contribution in [-0.4, -0.2) is 53.5 Å². The first kappa shape index (κ1) is 37.0. The number of nitrogens with zero attached hydrogens (tertiary/aromatic N) is 1. The van der Waals surface area contributed by atoms with Crippen molar-refractivity contribution in [1.29, 1.82) is 0 Å². The van der Waals surface area contributed by atoms with Crippen LogP contribution >= 0.6 is 0 Å². The van der Waals surface area contributed by atoms with Gasteiger partial charge in [0.15, 0.2) is 0 Å². The summed E-state index contributed by atoms with van der Waals surface area (Å²) in [6, 6.07) is 23.3. The van der Waals surface area contributed by atoms with E-state index >= 15 is 4.39 Å². The number of nitrogens with two attached hydrogens (primary N) is 2. The van der Waals surface area contributed by atoms with Crippen LogP contribution < -0.4 is 21.5 Å². The van der Waals surface area contributed by atoms with Gasteiger partial charge in [-0.15, -0.1) is 0 Å². The third-order valence-corrected chi connectivity index (χ3v) is 8.80. The Bertz CT molecular complexity index is 1640. The third kappa shape index (κ3) is 9.87. The fourth-order valence-corrected chi connectivity index (χ4v) is 6.42. The quantitative estimate of drug-likeness (QED) is 0.156. The number of amides is 3. The zero-order valence-electron chi connectivity index (χ0n) is 28.2. The average Bonchev–Trinajstić information content (AvgIpc) is 3.09. The second-order valence-electron chi connectivity index (χ2n) is 12.6. The maximum Gasteiger partial charge on any atom is 0.249 e. The van der Waals surface area contributed by atoms with E-state index in [0.29, 0.717) is 38.0 Å². The molecule has 0 radical (unpaired) electrons. The van der Waals surface area contributed by atoms with Crippen LogP contribution in [0.2, 0.25) is 0 Å². The van der Waals surface area contributed by atoms with E-state index in [2.05, 4.69) is 5.32 Å². The number of carbonyl (C=O) groups excluding carboxylic acids is 3. The normalized spacial score (nSPS) is 17.0. The van der Waals surface area contributed by atoms with Gasteiger partial charge in [0.1, 0.15) is 18.2 Å². The SMILES string of the molecule is CCCN(CCC)C(=O)C1=CC(C(N)=O)=CC(C(N)=O)([C@H](Cc2cc(F)cc(OCc3ccccc3)c2)[C@@H](O)CNCc2ccccc2)C1. The summed E-state index contributed by atoms with van der Waals surface area (Å²) < 4.78 is 21.0. The van der Waals surface area contributed by atoms with E-state index in [4.69, 9.17) is 16.2 Å². The van der Waals surface area contributed by atoms with Gasteiger partial charge in [0.25, 0.3) is 0 Å². The molecule has 0 heterocycles. The molecule has 3 atom stereocenters. The summed E-state index contributed by atoms with van der Waals surface area (Å²) in [5.74, 6) is -3.32. The van der Waals surface area contributed by atoms with Crippen LogP contribution in [0.15, 0.2) is 102 Å². The number of rotatable bonds is 18. The maximum atomic E-state index is 15.1. The van der Waals surface area contributed by atoms with Crippen LogP contribution in [0.4, 0.5) is 4.39 Å². The van der Waals surface area contributed by atoms with Crippen molar-refractivity contribution in [2.24, 2.45) is 22.8 Å². The van der Waals surface area contributed by atoms with Gasteiger partial charge in [0.05, 0.1) is 11.5 Å². The molecule has 0 saturated carbocycles. The van der Waals surface area contributed by atoms with Gasteiger partial charge in [-0.1, -0.05) is 80.6 Å². The summed E-state index contributed by atoms with van der Waals surface area (Å²) in [6.07, 6.45) is 2.79. The summed E-state index contributed by atoms with van der Waals surface area (Å²) in [5.41, 5.74) is 12.7. The molecule has 6 N–H and O–H groups in total. The molecule has 0 spiro atoms. The smallest absolute Gasteiger partial charge is 0.249 e. The highest BCUT2D eigenvalue weighted by atomic mass is 19.1. The third-order valence-electron chi connectivity index (χ3n) is 8.80. The van der Waals surface area contributed by atoms with Crippen LogP contribution in [-0.2, 0) is 34.0 Å². The number of benzene rings is 3. The molecular formula is C39H47FN4O5. The first-order valence-electron chi connectivity index (χ1n) is 16.8. The molecule has 0 fully saturated rings. The largest absolute Gasteiger partial charge is 0.489 e. The van der Waals surface area contributed by atoms with Crippen LogP contribution in [0, 0.1) is 17.2 Å². The number of primary amides is 2. The van der Waals surface area contributed by atoms with Gasteiger partial charge in [-0.2, -0.15) is 0 Å². The standard InChI is InChI=1S/C39H47FN4O5/c1-3-15-44(16-4-2)37(47)31-20-30(36(41)46)22-39(23-31,38(42)48)34(35(45)25-43-24-27-11-7-5-8-12-27)19-29-17-32(40)21-33(18-29)49-26-28-13-9-6-10-14-28/h5-14,17-18,20-22,34-35,43,45H,3-4,15-16,19,23-26H2,1-2H3,(H2,41,46)(H2,42,48)/t34-,35+,39?/m1/s1. The molecule has 0 aliphatic heterocycles. The first-order chi connectivity index (χ1) is 23.6. The minimum atomic E-state index is -1.72. The lowest BCUT2D eigenvalue weighted by Crippen LogP contribution is -2.52. The minimum Gasteiger partial charge on any atom is -0.489 e. The van der Waals surface area contributed by atoms with Crippen molar-refractivity contribution in [1.82, 2.24) is 10.2 Å². The number of halogens is 1. The number of carbonyl (C=O) groups is 3. The van der Waals surface area contributed by atoms with Crippen molar-refractivity contribution in [3.05, 3.63) is 125 Å². The molecule has 0 saturated heterocycles. The lowest BCUT2D eigenvalue weighted by atomic mass is 9.63. The molecule has 1 aliphatic carbocycles. The highest BCUT2D eigenvalue weighted by molar-refractivity contribution is 6.03. The topological polar surface area (TPSA) is 148 Å². The molecule has 3 aromatic rings. The molecule has 1 aliphatic rings. The Kier molecular flexibility index (Phi) is 13.3. The number of hydrogen-bond donors (Lipinski definition) is 4. The average molecular weight is 671 g/mol. The van der Waals surface area contributed by atoms with Gasteiger partial charge in [0.2, 0.25) is 17.7 Å². The summed E-state index contributed by atoms with van der Waals surface area (Å²) >= 11 is 0. The van der Waals surface area contributed by atoms with Gasteiger partial charge in [-0.05, 0) is 60.6 Å². The number of aliphatic hydroxyl groups is 1. The van der Waals surface area contributed by atoms with Crippen molar-refractivity contribution in [3.63, 3.8) is 0 Å². The van der Waals surface area contributed by atoms with Crippen molar-refractivity contribution < 1.29 is 28.6 Å². The summed E-state index contributed by atoms with van der Waals surface area (Å²) in [7, 11) is 0. The van der Waals surface area contributed by atoms with Gasteiger partial charge >= 0.3 is 0 Å². The Morgan fingerprint density at radius 2 is 1.57 bits per heavy atom. The lowest BCUT2D eigenvalue weighted by Gasteiger charge is -2.42. The molecule has 0 aromatic heterocycles. The fraction of sp³-hybridized carbons (Fsp3) is 0.359. The zero-order valence-corrected chi connectivity index (χ0v) is 28.2. The van der Waals surface area contributed by atoms with Gasteiger partial charge in [-0.25, -0.2) is 4.39 Å². The Morgan fingerprint density at radius 3 is 2.16 bits per heavy atom. The Morgan fingerprint density at radius 1 is 0.939 bits per heavy atom. The number of aliphatic hydroxyl groups excluding tert-OH is 1. The molecule has 4 rings (SSSR count).